The topological polar surface area (TPSA) is 87.2 Å². The highest BCUT2D eigenvalue weighted by molar-refractivity contribution is 6.23. The number of benzene rings is 1. The molecule has 2 heterocycles. The molecule has 7 nitrogen and oxygen atoms in total. The number of hydrogen-bond acceptors (Lipinski definition) is 5. The third-order valence-electron chi connectivity index (χ3n) is 4.31. The Balaban J connectivity index is 1.91. The van der Waals surface area contributed by atoms with Crippen LogP contribution in [0.15, 0.2) is 18.2 Å². The Hall–Kier alpha value is -2.25. The van der Waals surface area contributed by atoms with E-state index in [0.29, 0.717) is 37.6 Å². The standard InChI is InChI=1S/C16H18N2O5/c1-10-2-3-11(16(21)22)8-12(10)18-14(19)9-13(15(18)20)17-4-6-23-7-5-17/h2-3,8,13H,4-7,9H2,1H3,(H,21,22)/t13-/m0/s1. The van der Waals surface area contributed by atoms with Crippen LogP contribution in [0.1, 0.15) is 22.3 Å². The van der Waals surface area contributed by atoms with E-state index in [1.165, 1.54) is 12.1 Å². The second-order valence-electron chi connectivity index (χ2n) is 5.74. The van der Waals surface area contributed by atoms with Crippen molar-refractivity contribution in [2.24, 2.45) is 0 Å². The Morgan fingerprint density at radius 1 is 1.26 bits per heavy atom. The molecule has 0 saturated carbocycles. The van der Waals surface area contributed by atoms with Gasteiger partial charge in [-0.1, -0.05) is 6.07 Å². The van der Waals surface area contributed by atoms with Crippen molar-refractivity contribution >= 4 is 23.5 Å². The Labute approximate surface area is 133 Å². The molecule has 1 atom stereocenters. The van der Waals surface area contributed by atoms with Crippen LogP contribution in [-0.4, -0.2) is 60.1 Å². The molecule has 0 aromatic heterocycles. The highest BCUT2D eigenvalue weighted by Gasteiger charge is 2.43. The summed E-state index contributed by atoms with van der Waals surface area (Å²) in [4.78, 5) is 39.3. The number of aromatic carboxylic acids is 1. The molecule has 3 rings (SSSR count). The van der Waals surface area contributed by atoms with Gasteiger partial charge in [-0.15, -0.1) is 0 Å². The molecule has 23 heavy (non-hydrogen) atoms. The van der Waals surface area contributed by atoms with E-state index in [-0.39, 0.29) is 23.8 Å². The summed E-state index contributed by atoms with van der Waals surface area (Å²) in [7, 11) is 0. The van der Waals surface area contributed by atoms with E-state index >= 15 is 0 Å². The third-order valence-corrected chi connectivity index (χ3v) is 4.31. The number of carboxylic acids is 1. The van der Waals surface area contributed by atoms with E-state index in [2.05, 4.69) is 0 Å². The molecule has 2 amide bonds. The lowest BCUT2D eigenvalue weighted by atomic mass is 10.1. The number of carbonyl (C=O) groups is 3. The van der Waals surface area contributed by atoms with E-state index in [9.17, 15) is 14.4 Å². The van der Waals surface area contributed by atoms with Crippen LogP contribution in [0, 0.1) is 6.92 Å². The molecule has 0 unspecified atom stereocenters. The highest BCUT2D eigenvalue weighted by Crippen LogP contribution is 2.29. The van der Waals surface area contributed by atoms with E-state index in [0.717, 1.165) is 4.90 Å². The molecule has 1 N–H and O–H groups in total. The number of aryl methyl sites for hydroxylation is 1. The fourth-order valence-electron chi connectivity index (χ4n) is 3.03. The second kappa shape index (κ2) is 6.10. The zero-order valence-electron chi connectivity index (χ0n) is 12.8. The first-order valence-electron chi connectivity index (χ1n) is 7.51. The molecule has 7 heteroatoms. The number of hydrogen-bond donors (Lipinski definition) is 1. The minimum absolute atomic E-state index is 0.0565. The average Bonchev–Trinajstić information content (AvgIpc) is 2.83. The first kappa shape index (κ1) is 15.6. The summed E-state index contributed by atoms with van der Waals surface area (Å²) in [5, 5.41) is 9.12. The van der Waals surface area contributed by atoms with Crippen LogP contribution < -0.4 is 4.90 Å². The molecule has 0 aliphatic carbocycles. The van der Waals surface area contributed by atoms with Gasteiger partial charge in [0.2, 0.25) is 5.91 Å². The fraction of sp³-hybridized carbons (Fsp3) is 0.438. The molecule has 122 valence electrons. The Kier molecular flexibility index (Phi) is 4.14. The molecule has 1 aromatic carbocycles. The quantitative estimate of drug-likeness (QED) is 0.824. The van der Waals surface area contributed by atoms with Gasteiger partial charge in [0.15, 0.2) is 0 Å². The number of carbonyl (C=O) groups excluding carboxylic acids is 2. The largest absolute Gasteiger partial charge is 0.478 e. The van der Waals surface area contributed by atoms with Gasteiger partial charge >= 0.3 is 5.97 Å². The number of rotatable bonds is 3. The molecular weight excluding hydrogens is 300 g/mol. The van der Waals surface area contributed by atoms with Gasteiger partial charge < -0.3 is 9.84 Å². The summed E-state index contributed by atoms with van der Waals surface area (Å²) >= 11 is 0. The van der Waals surface area contributed by atoms with Crippen molar-refractivity contribution in [3.05, 3.63) is 29.3 Å². The summed E-state index contributed by atoms with van der Waals surface area (Å²) in [6.45, 7) is 4.08. The Morgan fingerprint density at radius 3 is 2.61 bits per heavy atom. The van der Waals surface area contributed by atoms with Gasteiger partial charge in [0.1, 0.15) is 0 Å². The summed E-state index contributed by atoms with van der Waals surface area (Å²) in [5.41, 5.74) is 1.11. The summed E-state index contributed by atoms with van der Waals surface area (Å²) in [5.74, 6) is -1.67. The van der Waals surface area contributed by atoms with Crippen molar-refractivity contribution < 1.29 is 24.2 Å². The van der Waals surface area contributed by atoms with Crippen LogP contribution in [0.5, 0.6) is 0 Å². The number of carboxylic acid groups (broad SMARTS) is 1. The minimum atomic E-state index is -1.09. The first-order valence-corrected chi connectivity index (χ1v) is 7.51. The molecule has 0 spiro atoms. The molecule has 2 aliphatic heterocycles. The van der Waals surface area contributed by atoms with E-state index in [1.807, 2.05) is 4.90 Å². The number of ether oxygens (including phenoxy) is 1. The van der Waals surface area contributed by atoms with Crippen molar-refractivity contribution in [2.75, 3.05) is 31.2 Å². The maximum Gasteiger partial charge on any atom is 0.335 e. The van der Waals surface area contributed by atoms with Gasteiger partial charge in [-0.25, -0.2) is 9.69 Å². The van der Waals surface area contributed by atoms with E-state index in [4.69, 9.17) is 9.84 Å². The molecule has 0 radical (unpaired) electrons. The van der Waals surface area contributed by atoms with E-state index < -0.39 is 12.0 Å². The van der Waals surface area contributed by atoms with Crippen LogP contribution in [-0.2, 0) is 14.3 Å². The van der Waals surface area contributed by atoms with Gasteiger partial charge in [-0.3, -0.25) is 14.5 Å². The Bertz CT molecular complexity index is 666. The van der Waals surface area contributed by atoms with Crippen molar-refractivity contribution in [2.45, 2.75) is 19.4 Å². The lowest BCUT2D eigenvalue weighted by molar-refractivity contribution is -0.123. The van der Waals surface area contributed by atoms with Gasteiger partial charge in [-0.05, 0) is 24.6 Å². The van der Waals surface area contributed by atoms with Crippen LogP contribution in [0.25, 0.3) is 0 Å². The molecule has 1 aromatic rings. The highest BCUT2D eigenvalue weighted by atomic mass is 16.5. The second-order valence-corrected chi connectivity index (χ2v) is 5.74. The van der Waals surface area contributed by atoms with Gasteiger partial charge in [0, 0.05) is 13.1 Å². The molecule has 2 saturated heterocycles. The smallest absolute Gasteiger partial charge is 0.335 e. The zero-order valence-corrected chi connectivity index (χ0v) is 12.8. The molecular formula is C16H18N2O5. The third kappa shape index (κ3) is 2.85. The summed E-state index contributed by atoms with van der Waals surface area (Å²) < 4.78 is 5.28. The van der Waals surface area contributed by atoms with Crippen LogP contribution >= 0.6 is 0 Å². The SMILES string of the molecule is Cc1ccc(C(=O)O)cc1N1C(=O)C[C@H](N2CCOCC2)C1=O. The van der Waals surface area contributed by atoms with Crippen LogP contribution in [0.4, 0.5) is 5.69 Å². The van der Waals surface area contributed by atoms with Crippen molar-refractivity contribution in [3.8, 4) is 0 Å². The number of imide groups is 1. The average molecular weight is 318 g/mol. The summed E-state index contributed by atoms with van der Waals surface area (Å²) in [6.07, 6.45) is 0.121. The van der Waals surface area contributed by atoms with E-state index in [1.54, 1.807) is 13.0 Å². The number of morpholine rings is 1. The molecule has 0 bridgehead atoms. The van der Waals surface area contributed by atoms with Crippen molar-refractivity contribution in [1.82, 2.24) is 4.90 Å². The predicted octanol–water partition coefficient (Wildman–Crippen LogP) is 0.657. The first-order chi connectivity index (χ1) is 11.0. The Morgan fingerprint density at radius 2 is 1.96 bits per heavy atom. The maximum atomic E-state index is 12.7. The number of anilines is 1. The zero-order chi connectivity index (χ0) is 16.6. The molecule has 2 fully saturated rings. The lowest BCUT2D eigenvalue weighted by Crippen LogP contribution is -2.47. The van der Waals surface area contributed by atoms with Gasteiger partial charge in [-0.2, -0.15) is 0 Å². The predicted molar refractivity (Wildman–Crippen MR) is 81.4 cm³/mol. The minimum Gasteiger partial charge on any atom is -0.478 e. The lowest BCUT2D eigenvalue weighted by Gasteiger charge is -2.30. The maximum absolute atomic E-state index is 12.7. The van der Waals surface area contributed by atoms with Gasteiger partial charge in [0.05, 0.1) is 36.9 Å². The number of nitrogens with zero attached hydrogens (tertiary/aromatic N) is 2. The van der Waals surface area contributed by atoms with Crippen molar-refractivity contribution in [1.29, 1.82) is 0 Å². The van der Waals surface area contributed by atoms with Crippen LogP contribution in [0.2, 0.25) is 0 Å². The molecule has 2 aliphatic rings. The number of amides is 2. The fourth-order valence-corrected chi connectivity index (χ4v) is 3.03. The van der Waals surface area contributed by atoms with Crippen LogP contribution in [0.3, 0.4) is 0 Å². The van der Waals surface area contributed by atoms with Crippen molar-refractivity contribution in [3.63, 3.8) is 0 Å². The van der Waals surface area contributed by atoms with Gasteiger partial charge in [0.25, 0.3) is 5.91 Å². The normalized spacial score (nSPS) is 22.7. The summed E-state index contributed by atoms with van der Waals surface area (Å²) in [6, 6.07) is 3.97. The monoisotopic (exact) mass is 318 g/mol.